The number of carboxylic acids is 1. The second-order valence-corrected chi connectivity index (χ2v) is 7.40. The minimum atomic E-state index is -3.45. The summed E-state index contributed by atoms with van der Waals surface area (Å²) >= 11 is 1.22. The normalized spacial score (nSPS) is 13.5. The Labute approximate surface area is 117 Å². The average molecular weight is 303 g/mol. The minimum absolute atomic E-state index is 0.0109. The fourth-order valence-corrected chi connectivity index (χ4v) is 3.12. The van der Waals surface area contributed by atoms with Gasteiger partial charge in [0.1, 0.15) is 5.25 Å². The molecule has 0 saturated carbocycles. The molecule has 0 bridgehead atoms. The van der Waals surface area contributed by atoms with E-state index in [1.807, 2.05) is 13.8 Å². The Morgan fingerprint density at radius 1 is 1.26 bits per heavy atom. The van der Waals surface area contributed by atoms with Gasteiger partial charge in [-0.2, -0.15) is 0 Å². The highest BCUT2D eigenvalue weighted by Gasteiger charge is 2.22. The van der Waals surface area contributed by atoms with Crippen LogP contribution in [0.4, 0.5) is 0 Å². The molecule has 1 aromatic rings. The molecule has 106 valence electrons. The minimum Gasteiger partial charge on any atom is -0.480 e. The van der Waals surface area contributed by atoms with Gasteiger partial charge in [-0.1, -0.05) is 13.8 Å². The third-order valence-corrected chi connectivity index (χ3v) is 5.49. The van der Waals surface area contributed by atoms with Crippen LogP contribution in [0.15, 0.2) is 34.1 Å². The van der Waals surface area contributed by atoms with E-state index in [2.05, 4.69) is 4.72 Å². The van der Waals surface area contributed by atoms with E-state index in [1.54, 1.807) is 12.1 Å². The Morgan fingerprint density at radius 3 is 2.16 bits per heavy atom. The topological polar surface area (TPSA) is 83.5 Å². The lowest BCUT2D eigenvalue weighted by atomic mass is 10.1. The fraction of sp³-hybridized carbons (Fsp3) is 0.417. The summed E-state index contributed by atoms with van der Waals surface area (Å²) in [6, 6.07) is 6.17. The number of sulfonamides is 1. The number of carboxylic acid groups (broad SMARTS) is 1. The van der Waals surface area contributed by atoms with Crippen molar-refractivity contribution in [3.8, 4) is 0 Å². The van der Waals surface area contributed by atoms with Gasteiger partial charge in [0.15, 0.2) is 0 Å². The predicted molar refractivity (Wildman–Crippen MR) is 74.8 cm³/mol. The maximum Gasteiger partial charge on any atom is 0.317 e. The Balaban J connectivity index is 2.91. The molecular formula is C12H17NO4S2. The van der Waals surface area contributed by atoms with Crippen LogP contribution in [0, 0.1) is 5.92 Å². The van der Waals surface area contributed by atoms with Gasteiger partial charge < -0.3 is 5.11 Å². The highest BCUT2D eigenvalue weighted by Crippen LogP contribution is 2.29. The number of hydrogen-bond acceptors (Lipinski definition) is 4. The SMILES string of the molecule is CNS(=O)(=O)c1ccc(SC(C(=O)O)C(C)C)cc1. The summed E-state index contributed by atoms with van der Waals surface area (Å²) in [4.78, 5) is 12.0. The molecule has 19 heavy (non-hydrogen) atoms. The molecule has 0 fully saturated rings. The van der Waals surface area contributed by atoms with Gasteiger partial charge in [0.25, 0.3) is 0 Å². The summed E-state index contributed by atoms with van der Waals surface area (Å²) in [5.74, 6) is -0.879. The molecule has 1 unspecified atom stereocenters. The summed E-state index contributed by atoms with van der Waals surface area (Å²) < 4.78 is 25.3. The van der Waals surface area contributed by atoms with Gasteiger partial charge in [-0.3, -0.25) is 4.79 Å². The molecule has 0 aliphatic heterocycles. The van der Waals surface area contributed by atoms with Crippen LogP contribution in [0.2, 0.25) is 0 Å². The monoisotopic (exact) mass is 303 g/mol. The number of hydrogen-bond donors (Lipinski definition) is 2. The molecule has 1 atom stereocenters. The van der Waals surface area contributed by atoms with Gasteiger partial charge in [0, 0.05) is 4.90 Å². The molecule has 7 heteroatoms. The second kappa shape index (κ2) is 6.40. The van der Waals surface area contributed by atoms with Gasteiger partial charge >= 0.3 is 5.97 Å². The number of benzene rings is 1. The van der Waals surface area contributed by atoms with Crippen LogP contribution in [0.25, 0.3) is 0 Å². The van der Waals surface area contributed by atoms with Crippen LogP contribution in [0.5, 0.6) is 0 Å². The Morgan fingerprint density at radius 2 is 1.79 bits per heavy atom. The molecule has 0 amide bonds. The van der Waals surface area contributed by atoms with Crippen LogP contribution >= 0.6 is 11.8 Å². The van der Waals surface area contributed by atoms with Crippen molar-refractivity contribution in [1.29, 1.82) is 0 Å². The largest absolute Gasteiger partial charge is 0.480 e. The summed E-state index contributed by atoms with van der Waals surface area (Å²) in [5, 5.41) is 8.55. The van der Waals surface area contributed by atoms with E-state index in [4.69, 9.17) is 5.11 Å². The molecule has 5 nitrogen and oxygen atoms in total. The van der Waals surface area contributed by atoms with Crippen LogP contribution in [-0.2, 0) is 14.8 Å². The number of nitrogens with one attached hydrogen (secondary N) is 1. The molecule has 0 heterocycles. The van der Waals surface area contributed by atoms with E-state index in [9.17, 15) is 13.2 Å². The van der Waals surface area contributed by atoms with Crippen LogP contribution in [0.3, 0.4) is 0 Å². The van der Waals surface area contributed by atoms with Crippen molar-refractivity contribution >= 4 is 27.8 Å². The molecule has 0 radical (unpaired) electrons. The van der Waals surface area contributed by atoms with E-state index in [0.29, 0.717) is 0 Å². The zero-order valence-electron chi connectivity index (χ0n) is 11.0. The summed E-state index contributed by atoms with van der Waals surface area (Å²) in [6.45, 7) is 3.68. The lowest BCUT2D eigenvalue weighted by molar-refractivity contribution is -0.137. The highest BCUT2D eigenvalue weighted by molar-refractivity contribution is 8.00. The highest BCUT2D eigenvalue weighted by atomic mass is 32.2. The maximum absolute atomic E-state index is 11.5. The van der Waals surface area contributed by atoms with Gasteiger partial charge in [0.2, 0.25) is 10.0 Å². The number of rotatable bonds is 6. The van der Waals surface area contributed by atoms with Crippen LogP contribution in [-0.4, -0.2) is 31.8 Å². The quantitative estimate of drug-likeness (QED) is 0.783. The van der Waals surface area contributed by atoms with Gasteiger partial charge in [-0.15, -0.1) is 11.8 Å². The smallest absolute Gasteiger partial charge is 0.317 e. The van der Waals surface area contributed by atoms with Crippen LogP contribution in [0.1, 0.15) is 13.8 Å². The first kappa shape index (κ1) is 16.0. The zero-order valence-corrected chi connectivity index (χ0v) is 12.6. The molecule has 2 N–H and O–H groups in total. The van der Waals surface area contributed by atoms with Gasteiger partial charge in [-0.05, 0) is 37.2 Å². The van der Waals surface area contributed by atoms with E-state index >= 15 is 0 Å². The fourth-order valence-electron chi connectivity index (χ4n) is 1.43. The predicted octanol–water partition coefficient (Wildman–Crippen LogP) is 1.80. The molecular weight excluding hydrogens is 286 g/mol. The van der Waals surface area contributed by atoms with Crippen molar-refractivity contribution in [3.63, 3.8) is 0 Å². The molecule has 0 aromatic heterocycles. The first-order chi connectivity index (χ1) is 8.77. The third kappa shape index (κ3) is 4.22. The second-order valence-electron chi connectivity index (χ2n) is 4.30. The Kier molecular flexibility index (Phi) is 5.39. The Hall–Kier alpha value is -1.05. The van der Waals surface area contributed by atoms with Crippen molar-refractivity contribution in [2.24, 2.45) is 5.92 Å². The molecule has 0 aliphatic carbocycles. The standard InChI is InChI=1S/C12H17NO4S2/c1-8(2)11(12(14)15)18-9-4-6-10(7-5-9)19(16,17)13-3/h4-8,11,13H,1-3H3,(H,14,15). The maximum atomic E-state index is 11.5. The molecule has 0 saturated heterocycles. The first-order valence-corrected chi connectivity index (χ1v) is 8.07. The van der Waals surface area contributed by atoms with Crippen LogP contribution < -0.4 is 4.72 Å². The number of carbonyl (C=O) groups is 1. The Bertz CT molecular complexity index is 537. The van der Waals surface area contributed by atoms with E-state index < -0.39 is 21.2 Å². The summed E-state index contributed by atoms with van der Waals surface area (Å²) in [5.41, 5.74) is 0. The lowest BCUT2D eigenvalue weighted by Crippen LogP contribution is -2.22. The number of aliphatic carboxylic acids is 1. The molecule has 1 rings (SSSR count). The molecule has 0 aliphatic rings. The lowest BCUT2D eigenvalue weighted by Gasteiger charge is -2.15. The van der Waals surface area contributed by atoms with Crippen molar-refractivity contribution in [3.05, 3.63) is 24.3 Å². The summed E-state index contributed by atoms with van der Waals surface area (Å²) in [6.07, 6.45) is 0. The van der Waals surface area contributed by atoms with Crippen molar-refractivity contribution in [2.75, 3.05) is 7.05 Å². The average Bonchev–Trinajstić information content (AvgIpc) is 2.35. The van der Waals surface area contributed by atoms with Crippen molar-refractivity contribution in [1.82, 2.24) is 4.72 Å². The molecule has 0 spiro atoms. The zero-order chi connectivity index (χ0) is 14.6. The van der Waals surface area contributed by atoms with E-state index in [1.165, 1.54) is 30.9 Å². The van der Waals surface area contributed by atoms with E-state index in [-0.39, 0.29) is 10.8 Å². The third-order valence-electron chi connectivity index (χ3n) is 2.51. The number of thioether (sulfide) groups is 1. The van der Waals surface area contributed by atoms with Gasteiger partial charge in [-0.25, -0.2) is 13.1 Å². The van der Waals surface area contributed by atoms with Crippen molar-refractivity contribution < 1.29 is 18.3 Å². The molecule has 1 aromatic carbocycles. The van der Waals surface area contributed by atoms with Crippen molar-refractivity contribution in [2.45, 2.75) is 28.9 Å². The van der Waals surface area contributed by atoms with Gasteiger partial charge in [0.05, 0.1) is 4.90 Å². The first-order valence-electron chi connectivity index (χ1n) is 5.71. The van der Waals surface area contributed by atoms with E-state index in [0.717, 1.165) is 4.90 Å². The summed E-state index contributed by atoms with van der Waals surface area (Å²) in [7, 11) is -2.11.